The maximum Gasteiger partial charge on any atom is 0.0214 e. The highest BCUT2D eigenvalue weighted by Crippen LogP contribution is 2.29. The van der Waals surface area contributed by atoms with E-state index in [1.807, 2.05) is 6.92 Å². The van der Waals surface area contributed by atoms with E-state index in [2.05, 4.69) is 24.1 Å². The number of hydrogen-bond donors (Lipinski definition) is 1. The standard InChI is InChI=1S/C14H25N/c1-3-4-5-11-15-12-10-14-8-6-13(2)7-9-14/h13-15H,5-12H2,1-2H3. The quantitative estimate of drug-likeness (QED) is 0.539. The Kier molecular flexibility index (Phi) is 6.52. The van der Waals surface area contributed by atoms with Gasteiger partial charge in [0.05, 0.1) is 0 Å². The zero-order chi connectivity index (χ0) is 10.9. The Morgan fingerprint density at radius 1 is 1.13 bits per heavy atom. The number of hydrogen-bond acceptors (Lipinski definition) is 1. The molecule has 0 atom stereocenters. The van der Waals surface area contributed by atoms with Gasteiger partial charge in [0.1, 0.15) is 0 Å². The summed E-state index contributed by atoms with van der Waals surface area (Å²) in [4.78, 5) is 0. The van der Waals surface area contributed by atoms with Gasteiger partial charge in [0.25, 0.3) is 0 Å². The average molecular weight is 207 g/mol. The molecule has 0 saturated heterocycles. The molecule has 0 amide bonds. The van der Waals surface area contributed by atoms with Gasteiger partial charge >= 0.3 is 0 Å². The van der Waals surface area contributed by atoms with Gasteiger partial charge in [-0.3, -0.25) is 0 Å². The fourth-order valence-electron chi connectivity index (χ4n) is 2.32. The fourth-order valence-corrected chi connectivity index (χ4v) is 2.32. The van der Waals surface area contributed by atoms with Crippen LogP contribution in [0.15, 0.2) is 0 Å². The van der Waals surface area contributed by atoms with Crippen molar-refractivity contribution in [3.8, 4) is 11.8 Å². The average Bonchev–Trinajstić information content (AvgIpc) is 2.26. The van der Waals surface area contributed by atoms with Crippen molar-refractivity contribution in [2.45, 2.75) is 52.4 Å². The molecule has 0 aromatic heterocycles. The molecule has 0 bridgehead atoms. The molecule has 1 aliphatic carbocycles. The molecule has 0 aromatic carbocycles. The summed E-state index contributed by atoms with van der Waals surface area (Å²) < 4.78 is 0. The van der Waals surface area contributed by atoms with Crippen molar-refractivity contribution in [1.82, 2.24) is 5.32 Å². The zero-order valence-electron chi connectivity index (χ0n) is 10.3. The molecule has 1 nitrogen and oxygen atoms in total. The number of rotatable bonds is 5. The molecule has 1 fully saturated rings. The molecule has 1 rings (SSSR count). The Labute approximate surface area is 95.0 Å². The van der Waals surface area contributed by atoms with Gasteiger partial charge in [-0.05, 0) is 31.7 Å². The van der Waals surface area contributed by atoms with Gasteiger partial charge in [-0.15, -0.1) is 11.8 Å². The minimum absolute atomic E-state index is 0.981. The topological polar surface area (TPSA) is 12.0 Å². The first-order chi connectivity index (χ1) is 7.33. The summed E-state index contributed by atoms with van der Waals surface area (Å²) >= 11 is 0. The highest BCUT2D eigenvalue weighted by molar-refractivity contribution is 4.95. The van der Waals surface area contributed by atoms with Crippen LogP contribution in [0, 0.1) is 23.7 Å². The molecule has 0 heterocycles. The first-order valence-corrected chi connectivity index (χ1v) is 6.43. The third kappa shape index (κ3) is 5.85. The highest BCUT2D eigenvalue weighted by Gasteiger charge is 2.17. The van der Waals surface area contributed by atoms with E-state index in [-0.39, 0.29) is 0 Å². The minimum Gasteiger partial charge on any atom is -0.316 e. The smallest absolute Gasteiger partial charge is 0.0214 e. The van der Waals surface area contributed by atoms with Crippen LogP contribution in [-0.4, -0.2) is 13.1 Å². The molecule has 1 heteroatoms. The van der Waals surface area contributed by atoms with Crippen LogP contribution >= 0.6 is 0 Å². The fraction of sp³-hybridized carbons (Fsp3) is 0.857. The van der Waals surface area contributed by atoms with Gasteiger partial charge in [0, 0.05) is 13.0 Å². The van der Waals surface area contributed by atoms with Gasteiger partial charge in [0.15, 0.2) is 0 Å². The van der Waals surface area contributed by atoms with Gasteiger partial charge in [-0.2, -0.15) is 0 Å². The minimum atomic E-state index is 0.981. The molecular formula is C14H25N. The summed E-state index contributed by atoms with van der Waals surface area (Å²) in [6, 6.07) is 0. The molecule has 0 unspecified atom stereocenters. The molecule has 86 valence electrons. The van der Waals surface area contributed by atoms with E-state index in [1.54, 1.807) is 0 Å². The summed E-state index contributed by atoms with van der Waals surface area (Å²) in [5.41, 5.74) is 0. The molecule has 0 aliphatic heterocycles. The first kappa shape index (κ1) is 12.6. The van der Waals surface area contributed by atoms with E-state index < -0.39 is 0 Å². The van der Waals surface area contributed by atoms with Gasteiger partial charge in [-0.25, -0.2) is 0 Å². The van der Waals surface area contributed by atoms with Gasteiger partial charge in [0.2, 0.25) is 0 Å². The second-order valence-corrected chi connectivity index (χ2v) is 4.84. The Balaban J connectivity index is 1.93. The van der Waals surface area contributed by atoms with E-state index >= 15 is 0 Å². The zero-order valence-corrected chi connectivity index (χ0v) is 10.3. The summed E-state index contributed by atoms with van der Waals surface area (Å²) in [7, 11) is 0. The third-order valence-electron chi connectivity index (χ3n) is 3.47. The lowest BCUT2D eigenvalue weighted by Crippen LogP contribution is -2.21. The van der Waals surface area contributed by atoms with Crippen molar-refractivity contribution in [2.75, 3.05) is 13.1 Å². The van der Waals surface area contributed by atoms with Crippen LogP contribution in [0.3, 0.4) is 0 Å². The van der Waals surface area contributed by atoms with E-state index in [9.17, 15) is 0 Å². The molecular weight excluding hydrogens is 182 g/mol. The molecule has 15 heavy (non-hydrogen) atoms. The third-order valence-corrected chi connectivity index (χ3v) is 3.47. The maximum absolute atomic E-state index is 3.48. The molecule has 0 spiro atoms. The van der Waals surface area contributed by atoms with Crippen molar-refractivity contribution < 1.29 is 0 Å². The van der Waals surface area contributed by atoms with E-state index in [1.165, 1.54) is 38.6 Å². The lowest BCUT2D eigenvalue weighted by Gasteiger charge is -2.26. The number of nitrogens with one attached hydrogen (secondary N) is 1. The molecule has 1 N–H and O–H groups in total. The summed E-state index contributed by atoms with van der Waals surface area (Å²) in [5.74, 6) is 7.98. The first-order valence-electron chi connectivity index (χ1n) is 6.43. The monoisotopic (exact) mass is 207 g/mol. The van der Waals surface area contributed by atoms with Gasteiger partial charge < -0.3 is 5.32 Å². The second-order valence-electron chi connectivity index (χ2n) is 4.84. The Hall–Kier alpha value is -0.480. The Bertz CT molecular complexity index is 203. The van der Waals surface area contributed by atoms with Crippen molar-refractivity contribution in [1.29, 1.82) is 0 Å². The highest BCUT2D eigenvalue weighted by atomic mass is 14.8. The lowest BCUT2D eigenvalue weighted by atomic mass is 9.81. The normalized spacial score (nSPS) is 25.7. The second kappa shape index (κ2) is 7.77. The summed E-state index contributed by atoms with van der Waals surface area (Å²) in [6.45, 7) is 6.54. The predicted molar refractivity (Wildman–Crippen MR) is 66.7 cm³/mol. The van der Waals surface area contributed by atoms with Crippen LogP contribution in [0.2, 0.25) is 0 Å². The maximum atomic E-state index is 3.48. The van der Waals surface area contributed by atoms with Crippen LogP contribution in [0.25, 0.3) is 0 Å². The lowest BCUT2D eigenvalue weighted by molar-refractivity contribution is 0.275. The molecule has 1 aliphatic rings. The van der Waals surface area contributed by atoms with Crippen LogP contribution in [0.5, 0.6) is 0 Å². The molecule has 0 aromatic rings. The molecule has 1 saturated carbocycles. The van der Waals surface area contributed by atoms with Crippen molar-refractivity contribution in [3.05, 3.63) is 0 Å². The largest absolute Gasteiger partial charge is 0.316 e. The molecule has 0 radical (unpaired) electrons. The van der Waals surface area contributed by atoms with E-state index in [4.69, 9.17) is 0 Å². The Morgan fingerprint density at radius 3 is 2.53 bits per heavy atom. The van der Waals surface area contributed by atoms with Crippen LogP contribution < -0.4 is 5.32 Å². The summed E-state index contributed by atoms with van der Waals surface area (Å²) in [6.07, 6.45) is 8.18. The predicted octanol–water partition coefficient (Wildman–Crippen LogP) is 3.21. The SMILES string of the molecule is CC#CCCNCCC1CCC(C)CC1. The summed E-state index contributed by atoms with van der Waals surface area (Å²) in [5, 5.41) is 3.48. The van der Waals surface area contributed by atoms with Crippen LogP contribution in [0.1, 0.15) is 52.4 Å². The van der Waals surface area contributed by atoms with Gasteiger partial charge in [-0.1, -0.05) is 32.6 Å². The van der Waals surface area contributed by atoms with E-state index in [0.29, 0.717) is 0 Å². The van der Waals surface area contributed by atoms with E-state index in [0.717, 1.165) is 24.8 Å². The Morgan fingerprint density at radius 2 is 1.87 bits per heavy atom. The van der Waals surface area contributed by atoms with Crippen molar-refractivity contribution in [2.24, 2.45) is 11.8 Å². The van der Waals surface area contributed by atoms with Crippen LogP contribution in [-0.2, 0) is 0 Å². The van der Waals surface area contributed by atoms with Crippen molar-refractivity contribution in [3.63, 3.8) is 0 Å². The van der Waals surface area contributed by atoms with Crippen molar-refractivity contribution >= 4 is 0 Å². The van der Waals surface area contributed by atoms with Crippen LogP contribution in [0.4, 0.5) is 0 Å².